The molecule has 0 aliphatic heterocycles. The van der Waals surface area contributed by atoms with E-state index in [1.54, 1.807) is 24.3 Å². The Bertz CT molecular complexity index is 793. The Morgan fingerprint density at radius 2 is 1.83 bits per heavy atom. The number of aromatic carboxylic acids is 1. The second-order valence-electron chi connectivity index (χ2n) is 4.63. The molecule has 0 atom stereocenters. The molecule has 1 amide bonds. The van der Waals surface area contributed by atoms with Crippen LogP contribution in [0.15, 0.2) is 42.5 Å². The maximum absolute atomic E-state index is 12.1. The SMILES string of the molecule is COc1ccc(C(=O)NC(=S)Nc2ccc(Cl)cc2C(=O)O)cc1. The highest BCUT2D eigenvalue weighted by Gasteiger charge is 2.13. The van der Waals surface area contributed by atoms with Crippen LogP contribution in [0.1, 0.15) is 20.7 Å². The second-order valence-corrected chi connectivity index (χ2v) is 5.48. The zero-order valence-corrected chi connectivity index (χ0v) is 14.1. The van der Waals surface area contributed by atoms with Crippen molar-refractivity contribution in [2.75, 3.05) is 12.4 Å². The number of amides is 1. The first-order chi connectivity index (χ1) is 11.4. The highest BCUT2D eigenvalue weighted by atomic mass is 35.5. The molecule has 0 aliphatic carbocycles. The molecule has 124 valence electrons. The summed E-state index contributed by atoms with van der Waals surface area (Å²) in [6, 6.07) is 10.7. The molecule has 0 unspecified atom stereocenters. The lowest BCUT2D eigenvalue weighted by Crippen LogP contribution is -2.34. The van der Waals surface area contributed by atoms with E-state index >= 15 is 0 Å². The van der Waals surface area contributed by atoms with Gasteiger partial charge in [-0.15, -0.1) is 0 Å². The van der Waals surface area contributed by atoms with Crippen molar-refractivity contribution in [1.29, 1.82) is 0 Å². The van der Waals surface area contributed by atoms with Crippen LogP contribution in [-0.4, -0.2) is 29.2 Å². The van der Waals surface area contributed by atoms with Crippen molar-refractivity contribution in [2.45, 2.75) is 0 Å². The molecule has 0 fully saturated rings. The highest BCUT2D eigenvalue weighted by Crippen LogP contribution is 2.20. The number of methoxy groups -OCH3 is 1. The van der Waals surface area contributed by atoms with Gasteiger partial charge in [0, 0.05) is 10.6 Å². The lowest BCUT2D eigenvalue weighted by molar-refractivity contribution is 0.0698. The molecule has 0 radical (unpaired) electrons. The summed E-state index contributed by atoms with van der Waals surface area (Å²) in [5, 5.41) is 14.6. The number of thiocarbonyl (C=S) groups is 1. The third kappa shape index (κ3) is 4.43. The van der Waals surface area contributed by atoms with Gasteiger partial charge in [0.1, 0.15) is 5.75 Å². The molecule has 24 heavy (non-hydrogen) atoms. The first-order valence-electron chi connectivity index (χ1n) is 6.70. The number of benzene rings is 2. The number of carbonyl (C=O) groups excluding carboxylic acids is 1. The van der Waals surface area contributed by atoms with E-state index in [0.717, 1.165) is 0 Å². The van der Waals surface area contributed by atoms with Crippen LogP contribution in [0.3, 0.4) is 0 Å². The van der Waals surface area contributed by atoms with Crippen LogP contribution in [0.25, 0.3) is 0 Å². The molecule has 0 heterocycles. The van der Waals surface area contributed by atoms with E-state index in [1.807, 2.05) is 0 Å². The molecule has 0 saturated heterocycles. The molecular weight excluding hydrogens is 352 g/mol. The van der Waals surface area contributed by atoms with Gasteiger partial charge in [-0.1, -0.05) is 11.6 Å². The molecule has 0 bridgehead atoms. The summed E-state index contributed by atoms with van der Waals surface area (Å²) >= 11 is 10.8. The molecule has 0 aromatic heterocycles. The van der Waals surface area contributed by atoms with Crippen LogP contribution in [0.5, 0.6) is 5.75 Å². The van der Waals surface area contributed by atoms with Crippen LogP contribution < -0.4 is 15.4 Å². The number of anilines is 1. The van der Waals surface area contributed by atoms with Gasteiger partial charge in [-0.05, 0) is 54.7 Å². The van der Waals surface area contributed by atoms with Gasteiger partial charge in [-0.25, -0.2) is 4.79 Å². The van der Waals surface area contributed by atoms with E-state index in [1.165, 1.54) is 25.3 Å². The van der Waals surface area contributed by atoms with Crippen LogP contribution in [0.2, 0.25) is 5.02 Å². The van der Waals surface area contributed by atoms with Crippen LogP contribution in [0, 0.1) is 0 Å². The number of carboxylic acids is 1. The van der Waals surface area contributed by atoms with Crippen LogP contribution in [0.4, 0.5) is 5.69 Å². The zero-order valence-electron chi connectivity index (χ0n) is 12.5. The van der Waals surface area contributed by atoms with Gasteiger partial charge >= 0.3 is 5.97 Å². The quantitative estimate of drug-likeness (QED) is 0.722. The van der Waals surface area contributed by atoms with Crippen molar-refractivity contribution in [3.05, 3.63) is 58.6 Å². The first-order valence-corrected chi connectivity index (χ1v) is 7.48. The Morgan fingerprint density at radius 1 is 1.17 bits per heavy atom. The average Bonchev–Trinajstić information content (AvgIpc) is 2.56. The van der Waals surface area contributed by atoms with Gasteiger partial charge in [0.25, 0.3) is 5.91 Å². The standard InChI is InChI=1S/C16H13ClN2O4S/c1-23-11-5-2-9(3-6-11)14(20)19-16(24)18-13-7-4-10(17)8-12(13)15(21)22/h2-8H,1H3,(H,21,22)(H2,18,19,20,24). The summed E-state index contributed by atoms with van der Waals surface area (Å²) in [7, 11) is 1.53. The summed E-state index contributed by atoms with van der Waals surface area (Å²) in [5.74, 6) is -0.968. The molecular formula is C16H13ClN2O4S. The summed E-state index contributed by atoms with van der Waals surface area (Å²) in [6.45, 7) is 0. The molecule has 2 aromatic rings. The average molecular weight is 365 g/mol. The van der Waals surface area contributed by atoms with Crippen molar-refractivity contribution in [3.63, 3.8) is 0 Å². The Hall–Kier alpha value is -2.64. The van der Waals surface area contributed by atoms with Crippen molar-refractivity contribution in [3.8, 4) is 5.75 Å². The number of halogens is 1. The van der Waals surface area contributed by atoms with Gasteiger partial charge in [0.2, 0.25) is 0 Å². The van der Waals surface area contributed by atoms with Gasteiger partial charge in [-0.2, -0.15) is 0 Å². The predicted molar refractivity (Wildman–Crippen MR) is 95.1 cm³/mol. The lowest BCUT2D eigenvalue weighted by atomic mass is 10.2. The number of rotatable bonds is 4. The number of ether oxygens (including phenoxy) is 1. The summed E-state index contributed by atoms with van der Waals surface area (Å²) in [5.41, 5.74) is 0.560. The van der Waals surface area contributed by atoms with Crippen molar-refractivity contribution < 1.29 is 19.4 Å². The number of carbonyl (C=O) groups is 2. The van der Waals surface area contributed by atoms with Gasteiger partial charge in [0.15, 0.2) is 5.11 Å². The third-order valence-electron chi connectivity index (χ3n) is 3.04. The smallest absolute Gasteiger partial charge is 0.337 e. The molecule has 8 heteroatoms. The number of carboxylic acid groups (broad SMARTS) is 1. The predicted octanol–water partition coefficient (Wildman–Crippen LogP) is 3.17. The largest absolute Gasteiger partial charge is 0.497 e. The second kappa shape index (κ2) is 7.76. The highest BCUT2D eigenvalue weighted by molar-refractivity contribution is 7.80. The van der Waals surface area contributed by atoms with E-state index in [2.05, 4.69) is 10.6 Å². The molecule has 2 rings (SSSR count). The molecule has 3 N–H and O–H groups in total. The Morgan fingerprint density at radius 3 is 2.42 bits per heavy atom. The summed E-state index contributed by atoms with van der Waals surface area (Å²) < 4.78 is 5.02. The fourth-order valence-corrected chi connectivity index (χ4v) is 2.25. The number of hydrogen-bond acceptors (Lipinski definition) is 4. The fourth-order valence-electron chi connectivity index (χ4n) is 1.87. The van der Waals surface area contributed by atoms with E-state index in [-0.39, 0.29) is 21.4 Å². The molecule has 0 spiro atoms. The molecule has 2 aromatic carbocycles. The Kier molecular flexibility index (Phi) is 5.73. The van der Waals surface area contributed by atoms with E-state index in [4.69, 9.17) is 28.6 Å². The molecule has 0 aliphatic rings. The Balaban J connectivity index is 2.07. The number of nitrogens with one attached hydrogen (secondary N) is 2. The fraction of sp³-hybridized carbons (Fsp3) is 0.0625. The topological polar surface area (TPSA) is 87.7 Å². The molecule has 0 saturated carbocycles. The summed E-state index contributed by atoms with van der Waals surface area (Å²) in [6.07, 6.45) is 0. The van der Waals surface area contributed by atoms with Gasteiger partial charge < -0.3 is 15.2 Å². The minimum Gasteiger partial charge on any atom is -0.497 e. The monoisotopic (exact) mass is 364 g/mol. The summed E-state index contributed by atoms with van der Waals surface area (Å²) in [4.78, 5) is 23.3. The van der Waals surface area contributed by atoms with Gasteiger partial charge in [0.05, 0.1) is 18.4 Å². The minimum atomic E-state index is -1.16. The van der Waals surface area contributed by atoms with Crippen LogP contribution in [-0.2, 0) is 0 Å². The first kappa shape index (κ1) is 17.7. The Labute approximate surface area is 148 Å². The normalized spacial score (nSPS) is 9.92. The number of hydrogen-bond donors (Lipinski definition) is 3. The van der Waals surface area contributed by atoms with Gasteiger partial charge in [-0.3, -0.25) is 10.1 Å². The lowest BCUT2D eigenvalue weighted by Gasteiger charge is -2.12. The van der Waals surface area contributed by atoms with E-state index in [0.29, 0.717) is 11.3 Å². The van der Waals surface area contributed by atoms with Crippen molar-refractivity contribution >= 4 is 46.5 Å². The zero-order chi connectivity index (χ0) is 17.7. The minimum absolute atomic E-state index is 0.0272. The van der Waals surface area contributed by atoms with E-state index in [9.17, 15) is 14.7 Å². The van der Waals surface area contributed by atoms with Crippen molar-refractivity contribution in [1.82, 2.24) is 5.32 Å². The van der Waals surface area contributed by atoms with Crippen molar-refractivity contribution in [2.24, 2.45) is 0 Å². The maximum atomic E-state index is 12.1. The van der Waals surface area contributed by atoms with E-state index < -0.39 is 11.9 Å². The maximum Gasteiger partial charge on any atom is 0.337 e. The molecule has 6 nitrogen and oxygen atoms in total. The van der Waals surface area contributed by atoms with Crippen LogP contribution >= 0.6 is 23.8 Å². The third-order valence-corrected chi connectivity index (χ3v) is 3.48.